The summed E-state index contributed by atoms with van der Waals surface area (Å²) in [7, 11) is -2.33. The SMILES string of the molecule is C/C=C/COC(C1CCC(CN(C)S(=O)(=O)c2ccc(C(F)(F)F)cc2)CC1)C1CCNC1. The van der Waals surface area contributed by atoms with Crippen LogP contribution >= 0.6 is 0 Å². The van der Waals surface area contributed by atoms with Crippen molar-refractivity contribution in [2.45, 2.75) is 56.2 Å². The van der Waals surface area contributed by atoms with E-state index >= 15 is 0 Å². The quantitative estimate of drug-likeness (QED) is 0.512. The van der Waals surface area contributed by atoms with Gasteiger partial charge >= 0.3 is 6.18 Å². The summed E-state index contributed by atoms with van der Waals surface area (Å²) in [6.07, 6.45) is 4.69. The summed E-state index contributed by atoms with van der Waals surface area (Å²) >= 11 is 0. The fourth-order valence-electron chi connectivity index (χ4n) is 5.03. The van der Waals surface area contributed by atoms with E-state index in [9.17, 15) is 21.6 Å². The standard InChI is InChI=1S/C24H35F3N2O3S/c1-3-4-15-32-23(20-13-14-28-16-20)19-7-5-18(6-8-19)17-29(2)33(30,31)22-11-9-21(10-12-22)24(25,26)27/h3-4,9-12,18-20,23,28H,5-8,13-17H2,1-2H3/b4-3+. The number of nitrogens with zero attached hydrogens (tertiary/aromatic N) is 1. The van der Waals surface area contributed by atoms with E-state index in [-0.39, 0.29) is 16.9 Å². The second-order valence-electron chi connectivity index (χ2n) is 9.21. The molecular formula is C24H35F3N2O3S. The smallest absolute Gasteiger partial charge is 0.374 e. The number of halogens is 3. The lowest BCUT2D eigenvalue weighted by molar-refractivity contribution is -0.137. The van der Waals surface area contributed by atoms with E-state index in [4.69, 9.17) is 4.74 Å². The molecule has 1 N–H and O–H groups in total. The van der Waals surface area contributed by atoms with Gasteiger partial charge in [-0.2, -0.15) is 13.2 Å². The highest BCUT2D eigenvalue weighted by molar-refractivity contribution is 7.89. The third-order valence-corrected chi connectivity index (χ3v) is 8.78. The first-order chi connectivity index (χ1) is 15.6. The van der Waals surface area contributed by atoms with Crippen molar-refractivity contribution in [3.8, 4) is 0 Å². The Morgan fingerprint density at radius 2 is 1.79 bits per heavy atom. The summed E-state index contributed by atoms with van der Waals surface area (Å²) in [6.45, 7) is 4.97. The van der Waals surface area contributed by atoms with Gasteiger partial charge in [0.05, 0.1) is 23.2 Å². The molecule has 0 radical (unpaired) electrons. The Balaban J connectivity index is 1.56. The summed E-state index contributed by atoms with van der Waals surface area (Å²) in [4.78, 5) is -0.113. The fourth-order valence-corrected chi connectivity index (χ4v) is 6.28. The molecule has 5 nitrogen and oxygen atoms in total. The van der Waals surface area contributed by atoms with Gasteiger partial charge in [0.2, 0.25) is 10.0 Å². The first kappa shape index (κ1) is 26.2. The van der Waals surface area contributed by atoms with Gasteiger partial charge in [0.1, 0.15) is 0 Å². The molecule has 0 bridgehead atoms. The van der Waals surface area contributed by atoms with Crippen molar-refractivity contribution in [1.82, 2.24) is 9.62 Å². The third-order valence-electron chi connectivity index (χ3n) is 6.94. The van der Waals surface area contributed by atoms with Gasteiger partial charge in [-0.3, -0.25) is 0 Å². The molecule has 9 heteroatoms. The molecule has 2 atom stereocenters. The van der Waals surface area contributed by atoms with Crippen LogP contribution in [0.25, 0.3) is 0 Å². The molecule has 2 fully saturated rings. The summed E-state index contributed by atoms with van der Waals surface area (Å²) in [5.74, 6) is 1.21. The number of benzene rings is 1. The number of alkyl halides is 3. The van der Waals surface area contributed by atoms with Crippen LogP contribution in [0.1, 0.15) is 44.6 Å². The number of sulfonamides is 1. The lowest BCUT2D eigenvalue weighted by atomic mass is 9.76. The lowest BCUT2D eigenvalue weighted by Crippen LogP contribution is -2.38. The molecule has 1 saturated carbocycles. The molecule has 3 rings (SSSR count). The normalized spacial score (nSPS) is 25.7. The molecule has 0 aromatic heterocycles. The van der Waals surface area contributed by atoms with Crippen LogP contribution in [0.2, 0.25) is 0 Å². The van der Waals surface area contributed by atoms with Crippen LogP contribution in [0.3, 0.4) is 0 Å². The molecule has 0 amide bonds. The minimum Gasteiger partial charge on any atom is -0.374 e. The Bertz CT molecular complexity index is 873. The van der Waals surface area contributed by atoms with Crippen molar-refractivity contribution in [2.75, 3.05) is 33.3 Å². The maximum atomic E-state index is 12.9. The average Bonchev–Trinajstić information content (AvgIpc) is 3.31. The van der Waals surface area contributed by atoms with E-state index in [0.717, 1.165) is 69.5 Å². The second-order valence-corrected chi connectivity index (χ2v) is 11.3. The van der Waals surface area contributed by atoms with Gasteiger partial charge in [-0.15, -0.1) is 0 Å². The summed E-state index contributed by atoms with van der Waals surface area (Å²) in [5, 5.41) is 3.43. The summed E-state index contributed by atoms with van der Waals surface area (Å²) in [6, 6.07) is 3.71. The minimum atomic E-state index is -4.49. The molecule has 1 saturated heterocycles. The molecule has 0 spiro atoms. The van der Waals surface area contributed by atoms with Crippen LogP contribution in [-0.4, -0.2) is 52.1 Å². The van der Waals surface area contributed by atoms with Crippen molar-refractivity contribution in [1.29, 1.82) is 0 Å². The molecule has 2 unspecified atom stereocenters. The highest BCUT2D eigenvalue weighted by Crippen LogP contribution is 2.37. The second kappa shape index (κ2) is 11.3. The van der Waals surface area contributed by atoms with E-state index in [0.29, 0.717) is 25.0 Å². The Morgan fingerprint density at radius 1 is 1.12 bits per heavy atom. The predicted octanol–water partition coefficient (Wildman–Crippen LogP) is 4.70. The van der Waals surface area contributed by atoms with Crippen LogP contribution in [-0.2, 0) is 20.9 Å². The van der Waals surface area contributed by atoms with Crippen molar-refractivity contribution < 1.29 is 26.3 Å². The highest BCUT2D eigenvalue weighted by atomic mass is 32.2. The summed E-state index contributed by atoms with van der Waals surface area (Å²) in [5.41, 5.74) is -0.855. The molecule has 1 aromatic carbocycles. The van der Waals surface area contributed by atoms with Crippen LogP contribution < -0.4 is 5.32 Å². The van der Waals surface area contributed by atoms with Gasteiger partial charge < -0.3 is 10.1 Å². The molecule has 1 aliphatic carbocycles. The zero-order chi connectivity index (χ0) is 24.1. The van der Waals surface area contributed by atoms with Crippen LogP contribution in [0.15, 0.2) is 41.3 Å². The monoisotopic (exact) mass is 488 g/mol. The van der Waals surface area contributed by atoms with E-state index in [1.807, 2.05) is 19.1 Å². The molecule has 33 heavy (non-hydrogen) atoms. The van der Waals surface area contributed by atoms with Crippen molar-refractivity contribution >= 4 is 10.0 Å². The van der Waals surface area contributed by atoms with E-state index in [2.05, 4.69) is 5.32 Å². The van der Waals surface area contributed by atoms with Gasteiger partial charge in [-0.05, 0) is 87.6 Å². The Hall–Kier alpha value is -1.42. The van der Waals surface area contributed by atoms with Gasteiger partial charge in [0.25, 0.3) is 0 Å². The van der Waals surface area contributed by atoms with Crippen LogP contribution in [0.5, 0.6) is 0 Å². The van der Waals surface area contributed by atoms with Gasteiger partial charge in [-0.25, -0.2) is 12.7 Å². The maximum absolute atomic E-state index is 12.9. The van der Waals surface area contributed by atoms with Gasteiger partial charge in [0, 0.05) is 20.1 Å². The van der Waals surface area contributed by atoms with E-state index < -0.39 is 21.8 Å². The predicted molar refractivity (Wildman–Crippen MR) is 122 cm³/mol. The van der Waals surface area contributed by atoms with Crippen LogP contribution in [0, 0.1) is 17.8 Å². The number of ether oxygens (including phenoxy) is 1. The zero-order valence-corrected chi connectivity index (χ0v) is 20.2. The Morgan fingerprint density at radius 3 is 2.33 bits per heavy atom. The molecule has 2 aliphatic rings. The topological polar surface area (TPSA) is 58.6 Å². The Labute approximate surface area is 195 Å². The minimum absolute atomic E-state index is 0.113. The average molecular weight is 489 g/mol. The zero-order valence-electron chi connectivity index (χ0n) is 19.4. The lowest BCUT2D eigenvalue weighted by Gasteiger charge is -2.37. The first-order valence-electron chi connectivity index (χ1n) is 11.7. The molecule has 186 valence electrons. The van der Waals surface area contributed by atoms with Crippen molar-refractivity contribution in [3.05, 3.63) is 42.0 Å². The molecular weight excluding hydrogens is 453 g/mol. The highest BCUT2D eigenvalue weighted by Gasteiger charge is 2.36. The van der Waals surface area contributed by atoms with Crippen molar-refractivity contribution in [3.63, 3.8) is 0 Å². The van der Waals surface area contributed by atoms with Crippen molar-refractivity contribution in [2.24, 2.45) is 17.8 Å². The fraction of sp³-hybridized carbons (Fsp3) is 0.667. The van der Waals surface area contributed by atoms with Gasteiger partial charge in [-0.1, -0.05) is 12.2 Å². The largest absolute Gasteiger partial charge is 0.416 e. The number of hydrogen-bond donors (Lipinski definition) is 1. The number of hydrogen-bond acceptors (Lipinski definition) is 4. The van der Waals surface area contributed by atoms with E-state index in [1.54, 1.807) is 0 Å². The number of allylic oxidation sites excluding steroid dienone is 1. The number of nitrogens with one attached hydrogen (secondary N) is 1. The first-order valence-corrected chi connectivity index (χ1v) is 13.1. The maximum Gasteiger partial charge on any atom is 0.416 e. The Kier molecular flexibility index (Phi) is 9.00. The van der Waals surface area contributed by atoms with Crippen LogP contribution in [0.4, 0.5) is 13.2 Å². The third kappa shape index (κ3) is 6.81. The van der Waals surface area contributed by atoms with Gasteiger partial charge in [0.15, 0.2) is 0 Å². The summed E-state index contributed by atoms with van der Waals surface area (Å²) < 4.78 is 71.6. The molecule has 1 heterocycles. The molecule has 1 aliphatic heterocycles. The van der Waals surface area contributed by atoms with E-state index in [1.165, 1.54) is 11.4 Å². The molecule has 1 aromatic rings. The number of rotatable bonds is 9.